The van der Waals surface area contributed by atoms with E-state index in [-0.39, 0.29) is 14.9 Å². The van der Waals surface area contributed by atoms with Crippen molar-refractivity contribution >= 4 is 0 Å². The third kappa shape index (κ3) is 12.2. The molecule has 17 heavy (non-hydrogen) atoms. The van der Waals surface area contributed by atoms with E-state index < -0.39 is 0 Å². The fourth-order valence-corrected chi connectivity index (χ4v) is 1.65. The van der Waals surface area contributed by atoms with Crippen LogP contribution in [-0.4, -0.2) is 25.4 Å². The standard InChI is InChI=1S/C6H12O.C5H10O.C2H6.2CH4/c1-5-3-4-6(2)7-5;1-5-2-3-6-4-5;1-2;;/h5-6H,3-4H2,1-2H3;5H,2-4H2,1H3;1-2H3;2*1H4. The lowest BCUT2D eigenvalue weighted by atomic mass is 10.2. The Bertz CT molecular complexity index is 123. The van der Waals surface area contributed by atoms with Crippen molar-refractivity contribution in [2.45, 2.75) is 80.9 Å². The van der Waals surface area contributed by atoms with E-state index in [0.717, 1.165) is 19.1 Å². The SMILES string of the molecule is C.C.CC.CC1CCC(C)O1.CC1CCOC1. The van der Waals surface area contributed by atoms with Crippen molar-refractivity contribution in [3.05, 3.63) is 0 Å². The fourth-order valence-electron chi connectivity index (χ4n) is 1.65. The molecule has 0 aliphatic carbocycles. The van der Waals surface area contributed by atoms with Crippen molar-refractivity contribution in [1.29, 1.82) is 0 Å². The van der Waals surface area contributed by atoms with Gasteiger partial charge in [-0.1, -0.05) is 35.6 Å². The highest BCUT2D eigenvalue weighted by molar-refractivity contribution is 4.64. The summed E-state index contributed by atoms with van der Waals surface area (Å²) in [5.74, 6) is 0.824. The first kappa shape index (κ1) is 22.1. The van der Waals surface area contributed by atoms with Gasteiger partial charge in [-0.2, -0.15) is 0 Å². The lowest BCUT2D eigenvalue weighted by Crippen LogP contribution is -2.01. The molecular weight excluding hydrogens is 212 g/mol. The van der Waals surface area contributed by atoms with Crippen molar-refractivity contribution in [2.24, 2.45) is 5.92 Å². The summed E-state index contributed by atoms with van der Waals surface area (Å²) < 4.78 is 10.4. The molecule has 3 atom stereocenters. The second-order valence-corrected chi connectivity index (χ2v) is 4.30. The lowest BCUT2D eigenvalue weighted by Gasteiger charge is -2.01. The number of rotatable bonds is 0. The van der Waals surface area contributed by atoms with Crippen LogP contribution in [0.1, 0.15) is 68.7 Å². The predicted molar refractivity (Wildman–Crippen MR) is 78.7 cm³/mol. The summed E-state index contributed by atoms with van der Waals surface area (Å²) in [6, 6.07) is 0. The Morgan fingerprint density at radius 3 is 1.41 bits per heavy atom. The summed E-state index contributed by atoms with van der Waals surface area (Å²) in [6.07, 6.45) is 4.81. The van der Waals surface area contributed by atoms with Crippen molar-refractivity contribution < 1.29 is 9.47 Å². The molecule has 2 heteroatoms. The van der Waals surface area contributed by atoms with E-state index in [1.165, 1.54) is 19.3 Å². The molecule has 108 valence electrons. The van der Waals surface area contributed by atoms with E-state index >= 15 is 0 Å². The van der Waals surface area contributed by atoms with Gasteiger partial charge in [0.25, 0.3) is 0 Å². The van der Waals surface area contributed by atoms with Crippen LogP contribution in [0.25, 0.3) is 0 Å². The molecule has 0 bridgehead atoms. The Morgan fingerprint density at radius 1 is 0.824 bits per heavy atom. The molecule has 2 heterocycles. The van der Waals surface area contributed by atoms with E-state index in [1.54, 1.807) is 0 Å². The third-order valence-corrected chi connectivity index (χ3v) is 2.60. The van der Waals surface area contributed by atoms with Gasteiger partial charge >= 0.3 is 0 Å². The van der Waals surface area contributed by atoms with E-state index in [4.69, 9.17) is 9.47 Å². The van der Waals surface area contributed by atoms with Gasteiger partial charge in [-0.3, -0.25) is 0 Å². The summed E-state index contributed by atoms with van der Waals surface area (Å²) in [5, 5.41) is 0. The maximum atomic E-state index is 5.36. The van der Waals surface area contributed by atoms with Gasteiger partial charge in [0.1, 0.15) is 0 Å². The zero-order chi connectivity index (χ0) is 11.7. The third-order valence-electron chi connectivity index (χ3n) is 2.60. The molecule has 2 aliphatic heterocycles. The minimum absolute atomic E-state index is 0. The maximum absolute atomic E-state index is 5.36. The summed E-state index contributed by atoms with van der Waals surface area (Å²) >= 11 is 0. The van der Waals surface area contributed by atoms with Crippen molar-refractivity contribution in [1.82, 2.24) is 0 Å². The quantitative estimate of drug-likeness (QED) is 0.606. The fraction of sp³-hybridized carbons (Fsp3) is 1.00. The Labute approximate surface area is 110 Å². The first-order valence-electron chi connectivity index (χ1n) is 6.41. The van der Waals surface area contributed by atoms with Crippen LogP contribution < -0.4 is 0 Å². The minimum atomic E-state index is 0. The molecule has 0 amide bonds. The van der Waals surface area contributed by atoms with Crippen LogP contribution in [-0.2, 0) is 9.47 Å². The predicted octanol–water partition coefficient (Wildman–Crippen LogP) is 4.92. The smallest absolute Gasteiger partial charge is 0.0551 e. The summed E-state index contributed by atoms with van der Waals surface area (Å²) in [6.45, 7) is 12.4. The van der Waals surface area contributed by atoms with Gasteiger partial charge < -0.3 is 9.47 Å². The average molecular weight is 248 g/mol. The van der Waals surface area contributed by atoms with Crippen LogP contribution in [0, 0.1) is 5.92 Å². The summed E-state index contributed by atoms with van der Waals surface area (Å²) in [7, 11) is 0. The topological polar surface area (TPSA) is 18.5 Å². The molecule has 2 fully saturated rings. The molecule has 0 N–H and O–H groups in total. The second kappa shape index (κ2) is 14.0. The monoisotopic (exact) mass is 248 g/mol. The Morgan fingerprint density at radius 2 is 1.29 bits per heavy atom. The van der Waals surface area contributed by atoms with Crippen LogP contribution in [0.4, 0.5) is 0 Å². The molecule has 0 aromatic heterocycles. The molecule has 0 saturated carbocycles. The zero-order valence-corrected chi connectivity index (χ0v) is 11.1. The van der Waals surface area contributed by atoms with Gasteiger partial charge in [-0.05, 0) is 39.0 Å². The van der Waals surface area contributed by atoms with E-state index in [2.05, 4.69) is 20.8 Å². The van der Waals surface area contributed by atoms with Gasteiger partial charge in [-0.25, -0.2) is 0 Å². The highest BCUT2D eigenvalue weighted by Gasteiger charge is 2.16. The van der Waals surface area contributed by atoms with Crippen molar-refractivity contribution in [3.8, 4) is 0 Å². The Kier molecular flexibility index (Phi) is 18.2. The molecule has 3 unspecified atom stereocenters. The molecular formula is C15H36O2. The van der Waals surface area contributed by atoms with Crippen LogP contribution in [0.2, 0.25) is 0 Å². The van der Waals surface area contributed by atoms with Crippen molar-refractivity contribution in [3.63, 3.8) is 0 Å². The summed E-state index contributed by atoms with van der Waals surface area (Å²) in [4.78, 5) is 0. The van der Waals surface area contributed by atoms with E-state index in [0.29, 0.717) is 12.2 Å². The van der Waals surface area contributed by atoms with Gasteiger partial charge in [0.2, 0.25) is 0 Å². The average Bonchev–Trinajstić information content (AvgIpc) is 2.82. The normalized spacial score (nSPS) is 29.8. The van der Waals surface area contributed by atoms with Gasteiger partial charge in [0.05, 0.1) is 12.2 Å². The van der Waals surface area contributed by atoms with Gasteiger partial charge in [0.15, 0.2) is 0 Å². The highest BCUT2D eigenvalue weighted by atomic mass is 16.5. The number of hydrogen-bond donors (Lipinski definition) is 0. The zero-order valence-electron chi connectivity index (χ0n) is 11.1. The first-order valence-corrected chi connectivity index (χ1v) is 6.41. The maximum Gasteiger partial charge on any atom is 0.0551 e. The van der Waals surface area contributed by atoms with Crippen LogP contribution in [0.5, 0.6) is 0 Å². The highest BCUT2D eigenvalue weighted by Crippen LogP contribution is 2.17. The molecule has 0 aromatic carbocycles. The molecule has 2 saturated heterocycles. The molecule has 2 rings (SSSR count). The minimum Gasteiger partial charge on any atom is -0.381 e. The van der Waals surface area contributed by atoms with Crippen LogP contribution in [0.3, 0.4) is 0 Å². The lowest BCUT2D eigenvalue weighted by molar-refractivity contribution is 0.0673. The van der Waals surface area contributed by atoms with Crippen LogP contribution in [0.15, 0.2) is 0 Å². The van der Waals surface area contributed by atoms with Crippen molar-refractivity contribution in [2.75, 3.05) is 13.2 Å². The number of hydrogen-bond acceptors (Lipinski definition) is 2. The molecule has 2 nitrogen and oxygen atoms in total. The van der Waals surface area contributed by atoms with Crippen LogP contribution >= 0.6 is 0 Å². The van der Waals surface area contributed by atoms with Gasteiger partial charge in [0, 0.05) is 13.2 Å². The Balaban J connectivity index is -0.000000184. The molecule has 0 radical (unpaired) electrons. The Hall–Kier alpha value is -0.0800. The molecule has 0 aromatic rings. The van der Waals surface area contributed by atoms with E-state index in [1.807, 2.05) is 13.8 Å². The first-order chi connectivity index (χ1) is 7.18. The van der Waals surface area contributed by atoms with Gasteiger partial charge in [-0.15, -0.1) is 0 Å². The summed E-state index contributed by atoms with van der Waals surface area (Å²) in [5.41, 5.74) is 0. The number of ether oxygens (including phenoxy) is 2. The van der Waals surface area contributed by atoms with E-state index in [9.17, 15) is 0 Å². The molecule has 0 spiro atoms. The second-order valence-electron chi connectivity index (χ2n) is 4.30. The molecule has 2 aliphatic rings. The largest absolute Gasteiger partial charge is 0.381 e.